The lowest BCUT2D eigenvalue weighted by molar-refractivity contribution is -0.147. The van der Waals surface area contributed by atoms with Crippen LogP contribution in [0.3, 0.4) is 0 Å². The first kappa shape index (κ1) is 21.7. The molecule has 0 atom stereocenters. The molecule has 0 aliphatic rings. The molecule has 0 saturated carbocycles. The number of carbonyl (C=O) groups excluding carboxylic acids is 1. The fourth-order valence-electron chi connectivity index (χ4n) is 2.84. The van der Waals surface area contributed by atoms with Crippen LogP contribution in [0, 0.1) is 0 Å². The first-order valence-electron chi connectivity index (χ1n) is 8.87. The van der Waals surface area contributed by atoms with Gasteiger partial charge < -0.3 is 4.57 Å². The average molecular weight is 482 g/mol. The molecule has 166 valence electrons. The average Bonchev–Trinajstić information content (AvgIpc) is 3.32. The summed E-state index contributed by atoms with van der Waals surface area (Å²) in [4.78, 5) is 16.0. The fraction of sp³-hybridized carbons (Fsp3) is 0.111. The number of anilines is 2. The highest BCUT2D eigenvalue weighted by molar-refractivity contribution is 7.93. The van der Waals surface area contributed by atoms with E-state index in [9.17, 15) is 26.4 Å². The molecule has 2 aromatic carbocycles. The third kappa shape index (κ3) is 4.55. The number of halogens is 3. The minimum absolute atomic E-state index is 0.00690. The molecule has 9 nitrogen and oxygen atoms in total. The zero-order valence-corrected chi connectivity index (χ0v) is 17.5. The Labute approximate surface area is 183 Å². The SMILES string of the molecule is O=C(Cn1c(C(F)(F)F)nc2ccccc21)Nc1nnc(NS(=O)(=O)c2ccccc2)s1. The van der Waals surface area contributed by atoms with Crippen LogP contribution >= 0.6 is 11.3 Å². The van der Waals surface area contributed by atoms with E-state index < -0.39 is 34.5 Å². The maximum atomic E-state index is 13.4. The highest BCUT2D eigenvalue weighted by Crippen LogP contribution is 2.31. The zero-order valence-electron chi connectivity index (χ0n) is 15.9. The molecule has 2 N–H and O–H groups in total. The first-order chi connectivity index (χ1) is 15.1. The molecule has 0 unspecified atom stereocenters. The Morgan fingerprint density at radius 2 is 1.66 bits per heavy atom. The zero-order chi connectivity index (χ0) is 22.9. The Balaban J connectivity index is 1.50. The van der Waals surface area contributed by atoms with Crippen molar-refractivity contribution in [2.45, 2.75) is 17.6 Å². The smallest absolute Gasteiger partial charge is 0.311 e. The van der Waals surface area contributed by atoms with E-state index in [1.54, 1.807) is 24.3 Å². The van der Waals surface area contributed by atoms with Gasteiger partial charge in [-0.1, -0.05) is 41.7 Å². The minimum Gasteiger partial charge on any atom is -0.311 e. The number of imidazole rings is 1. The van der Waals surface area contributed by atoms with Crippen molar-refractivity contribution in [2.75, 3.05) is 10.0 Å². The predicted octanol–water partition coefficient (Wildman–Crippen LogP) is 3.35. The molecule has 4 rings (SSSR count). The minimum atomic E-state index is -4.76. The number of carbonyl (C=O) groups is 1. The van der Waals surface area contributed by atoms with Crippen LogP contribution in [0.15, 0.2) is 59.5 Å². The van der Waals surface area contributed by atoms with Crippen molar-refractivity contribution < 1.29 is 26.4 Å². The molecule has 32 heavy (non-hydrogen) atoms. The van der Waals surface area contributed by atoms with Crippen molar-refractivity contribution in [1.82, 2.24) is 19.7 Å². The molecule has 0 bridgehead atoms. The van der Waals surface area contributed by atoms with E-state index in [0.717, 1.165) is 15.9 Å². The van der Waals surface area contributed by atoms with Gasteiger partial charge in [0.05, 0.1) is 15.9 Å². The van der Waals surface area contributed by atoms with Crippen molar-refractivity contribution in [2.24, 2.45) is 0 Å². The summed E-state index contributed by atoms with van der Waals surface area (Å²) in [6, 6.07) is 13.4. The number of nitrogens with zero attached hydrogens (tertiary/aromatic N) is 4. The van der Waals surface area contributed by atoms with Crippen LogP contribution in [0.25, 0.3) is 11.0 Å². The summed E-state index contributed by atoms with van der Waals surface area (Å²) < 4.78 is 67.7. The number of alkyl halides is 3. The normalized spacial score (nSPS) is 12.1. The number of para-hydroxylation sites is 2. The summed E-state index contributed by atoms with van der Waals surface area (Å²) >= 11 is 0.717. The Morgan fingerprint density at radius 1 is 1.00 bits per heavy atom. The largest absolute Gasteiger partial charge is 0.449 e. The number of fused-ring (bicyclic) bond motifs is 1. The van der Waals surface area contributed by atoms with Gasteiger partial charge in [-0.2, -0.15) is 13.2 Å². The van der Waals surface area contributed by atoms with E-state index in [1.807, 2.05) is 0 Å². The van der Waals surface area contributed by atoms with Crippen LogP contribution < -0.4 is 10.0 Å². The van der Waals surface area contributed by atoms with Gasteiger partial charge in [-0.3, -0.25) is 14.8 Å². The summed E-state index contributed by atoms with van der Waals surface area (Å²) in [5.41, 5.74) is 0.240. The highest BCUT2D eigenvalue weighted by atomic mass is 32.2. The number of hydrogen-bond donors (Lipinski definition) is 2. The van der Waals surface area contributed by atoms with E-state index >= 15 is 0 Å². The van der Waals surface area contributed by atoms with Crippen molar-refractivity contribution >= 4 is 48.6 Å². The van der Waals surface area contributed by atoms with E-state index in [1.165, 1.54) is 30.3 Å². The van der Waals surface area contributed by atoms with Gasteiger partial charge in [0.2, 0.25) is 22.0 Å². The molecule has 0 fully saturated rings. The van der Waals surface area contributed by atoms with Crippen LogP contribution in [0.2, 0.25) is 0 Å². The number of rotatable bonds is 6. The first-order valence-corrected chi connectivity index (χ1v) is 11.2. The van der Waals surface area contributed by atoms with E-state index in [2.05, 4.69) is 25.2 Å². The number of amides is 1. The Hall–Kier alpha value is -3.52. The third-order valence-corrected chi connectivity index (χ3v) is 6.39. The quantitative estimate of drug-likeness (QED) is 0.435. The standard InChI is InChI=1S/C18H13F3N6O3S2/c19-18(20,21)15-22-12-8-4-5-9-13(12)27(15)10-14(28)23-16-24-25-17(31-16)26-32(29,30)11-6-2-1-3-7-11/h1-9H,10H2,(H,25,26)(H,23,24,28). The molecule has 0 aliphatic carbocycles. The van der Waals surface area contributed by atoms with Crippen LogP contribution in [0.1, 0.15) is 5.82 Å². The second-order valence-electron chi connectivity index (χ2n) is 6.39. The summed E-state index contributed by atoms with van der Waals surface area (Å²) in [6.45, 7) is -0.681. The highest BCUT2D eigenvalue weighted by Gasteiger charge is 2.38. The summed E-state index contributed by atoms with van der Waals surface area (Å²) in [7, 11) is -3.91. The van der Waals surface area contributed by atoms with Gasteiger partial charge in [0, 0.05) is 0 Å². The molecule has 0 radical (unpaired) electrons. The Bertz CT molecular complexity index is 1380. The van der Waals surface area contributed by atoms with Gasteiger partial charge in [-0.15, -0.1) is 10.2 Å². The van der Waals surface area contributed by atoms with Gasteiger partial charge in [0.25, 0.3) is 10.0 Å². The molecule has 0 aliphatic heterocycles. The summed E-state index contributed by atoms with van der Waals surface area (Å²) in [5.74, 6) is -2.02. The topological polar surface area (TPSA) is 119 Å². The second-order valence-corrected chi connectivity index (χ2v) is 9.05. The fourth-order valence-corrected chi connectivity index (χ4v) is 4.75. The number of aromatic nitrogens is 4. The maximum Gasteiger partial charge on any atom is 0.449 e. The van der Waals surface area contributed by atoms with Gasteiger partial charge >= 0.3 is 6.18 Å². The molecule has 2 heterocycles. The van der Waals surface area contributed by atoms with Crippen molar-refractivity contribution in [3.05, 3.63) is 60.4 Å². The van der Waals surface area contributed by atoms with Crippen LogP contribution in [-0.4, -0.2) is 34.1 Å². The van der Waals surface area contributed by atoms with Crippen LogP contribution in [0.5, 0.6) is 0 Å². The monoisotopic (exact) mass is 482 g/mol. The molecule has 1 amide bonds. The summed E-state index contributed by atoms with van der Waals surface area (Å²) in [6.07, 6.45) is -4.76. The molecule has 14 heteroatoms. The van der Waals surface area contributed by atoms with Gasteiger partial charge in [-0.25, -0.2) is 13.4 Å². The number of benzene rings is 2. The van der Waals surface area contributed by atoms with Crippen molar-refractivity contribution in [1.29, 1.82) is 0 Å². The van der Waals surface area contributed by atoms with Crippen molar-refractivity contribution in [3.63, 3.8) is 0 Å². The lowest BCUT2D eigenvalue weighted by atomic mass is 10.3. The lowest BCUT2D eigenvalue weighted by Crippen LogP contribution is -2.23. The number of nitrogens with one attached hydrogen (secondary N) is 2. The predicted molar refractivity (Wildman–Crippen MR) is 111 cm³/mol. The van der Waals surface area contributed by atoms with Gasteiger partial charge in [0.15, 0.2) is 0 Å². The van der Waals surface area contributed by atoms with Gasteiger partial charge in [0.1, 0.15) is 6.54 Å². The Morgan fingerprint density at radius 3 is 2.38 bits per heavy atom. The van der Waals surface area contributed by atoms with Crippen LogP contribution in [0.4, 0.5) is 23.4 Å². The molecular weight excluding hydrogens is 469 g/mol. The molecule has 0 spiro atoms. The summed E-state index contributed by atoms with van der Waals surface area (Å²) in [5, 5.41) is 9.43. The molecular formula is C18H13F3N6O3S2. The molecule has 4 aromatic rings. The maximum absolute atomic E-state index is 13.4. The van der Waals surface area contributed by atoms with E-state index in [4.69, 9.17) is 0 Å². The van der Waals surface area contributed by atoms with Crippen LogP contribution in [-0.2, 0) is 27.5 Å². The molecule has 2 aromatic heterocycles. The van der Waals surface area contributed by atoms with E-state index in [-0.39, 0.29) is 26.2 Å². The van der Waals surface area contributed by atoms with E-state index in [0.29, 0.717) is 0 Å². The number of hydrogen-bond acceptors (Lipinski definition) is 7. The lowest BCUT2D eigenvalue weighted by Gasteiger charge is -2.10. The molecule has 0 saturated heterocycles. The van der Waals surface area contributed by atoms with Gasteiger partial charge in [-0.05, 0) is 24.3 Å². The third-order valence-electron chi connectivity index (χ3n) is 4.16. The Kier molecular flexibility index (Phi) is 5.56. The van der Waals surface area contributed by atoms with Crippen molar-refractivity contribution in [3.8, 4) is 0 Å². The second kappa shape index (κ2) is 8.20. The number of sulfonamides is 1.